The molecular weight excluding hydrogens is 246 g/mol. The summed E-state index contributed by atoms with van der Waals surface area (Å²) in [4.78, 5) is 0. The molecule has 1 aliphatic rings. The Kier molecular flexibility index (Phi) is 6.06. The largest absolute Gasteiger partial charge is 0.373 e. The normalized spacial score (nSPS) is 19.9. The van der Waals surface area contributed by atoms with Gasteiger partial charge >= 0.3 is 0 Å². The van der Waals surface area contributed by atoms with Crippen molar-refractivity contribution in [2.24, 2.45) is 5.92 Å². The molecule has 2 nitrogen and oxygen atoms in total. The standard InChI is InChI=1S/C18H29NO/c1-4-10-19-16(12-14(2)3)13-18-17-8-6-5-7-15(17)9-11-20-18/h5-8,14,16,18-19H,4,9-13H2,1-3H3. The van der Waals surface area contributed by atoms with E-state index in [0.29, 0.717) is 6.04 Å². The molecular formula is C18H29NO. The van der Waals surface area contributed by atoms with Crippen LogP contribution >= 0.6 is 0 Å². The fraction of sp³-hybridized carbons (Fsp3) is 0.667. The van der Waals surface area contributed by atoms with Gasteiger partial charge in [0.1, 0.15) is 0 Å². The number of hydrogen-bond donors (Lipinski definition) is 1. The van der Waals surface area contributed by atoms with Crippen LogP contribution in [0.2, 0.25) is 0 Å². The Morgan fingerprint density at radius 2 is 2.10 bits per heavy atom. The topological polar surface area (TPSA) is 21.3 Å². The van der Waals surface area contributed by atoms with E-state index in [-0.39, 0.29) is 6.10 Å². The first kappa shape index (κ1) is 15.5. The van der Waals surface area contributed by atoms with Crippen LogP contribution in [0.25, 0.3) is 0 Å². The van der Waals surface area contributed by atoms with Crippen molar-refractivity contribution in [1.29, 1.82) is 0 Å². The maximum atomic E-state index is 6.06. The summed E-state index contributed by atoms with van der Waals surface area (Å²) in [6, 6.07) is 9.33. The first-order valence-electron chi connectivity index (χ1n) is 8.13. The second-order valence-corrected chi connectivity index (χ2v) is 6.32. The molecule has 0 amide bonds. The average Bonchev–Trinajstić information content (AvgIpc) is 2.44. The Morgan fingerprint density at radius 3 is 2.85 bits per heavy atom. The minimum atomic E-state index is 0.271. The molecule has 2 heteroatoms. The van der Waals surface area contributed by atoms with Gasteiger partial charge in [-0.25, -0.2) is 0 Å². The lowest BCUT2D eigenvalue weighted by molar-refractivity contribution is 0.0279. The number of rotatable bonds is 7. The molecule has 2 atom stereocenters. The third kappa shape index (κ3) is 4.32. The monoisotopic (exact) mass is 275 g/mol. The van der Waals surface area contributed by atoms with Gasteiger partial charge in [0.25, 0.3) is 0 Å². The van der Waals surface area contributed by atoms with Crippen LogP contribution in [0.1, 0.15) is 57.3 Å². The maximum Gasteiger partial charge on any atom is 0.0842 e. The van der Waals surface area contributed by atoms with Crippen molar-refractivity contribution in [2.45, 2.75) is 58.6 Å². The quantitative estimate of drug-likeness (QED) is 0.808. The van der Waals surface area contributed by atoms with E-state index in [9.17, 15) is 0 Å². The third-order valence-corrected chi connectivity index (χ3v) is 4.03. The molecule has 0 bridgehead atoms. The van der Waals surface area contributed by atoms with Crippen molar-refractivity contribution in [3.8, 4) is 0 Å². The predicted molar refractivity (Wildman–Crippen MR) is 85.0 cm³/mol. The fourth-order valence-corrected chi connectivity index (χ4v) is 3.11. The van der Waals surface area contributed by atoms with Crippen molar-refractivity contribution in [2.75, 3.05) is 13.2 Å². The second-order valence-electron chi connectivity index (χ2n) is 6.32. The van der Waals surface area contributed by atoms with Gasteiger partial charge in [-0.2, -0.15) is 0 Å². The molecule has 2 unspecified atom stereocenters. The molecule has 0 saturated heterocycles. The summed E-state index contributed by atoms with van der Waals surface area (Å²) < 4.78 is 6.06. The number of nitrogens with one attached hydrogen (secondary N) is 1. The molecule has 2 rings (SSSR count). The first-order chi connectivity index (χ1) is 9.70. The summed E-state index contributed by atoms with van der Waals surface area (Å²) in [5.74, 6) is 0.725. The summed E-state index contributed by atoms with van der Waals surface area (Å²) in [6.45, 7) is 8.80. The Hall–Kier alpha value is -0.860. The SMILES string of the molecule is CCCNC(CC(C)C)CC1OCCc2ccccc21. The molecule has 0 fully saturated rings. The van der Waals surface area contributed by atoms with Crippen molar-refractivity contribution < 1.29 is 4.74 Å². The van der Waals surface area contributed by atoms with E-state index >= 15 is 0 Å². The van der Waals surface area contributed by atoms with E-state index in [1.54, 1.807) is 0 Å². The minimum Gasteiger partial charge on any atom is -0.373 e. The Morgan fingerprint density at radius 1 is 1.30 bits per heavy atom. The molecule has 1 N–H and O–H groups in total. The van der Waals surface area contributed by atoms with Crippen LogP contribution < -0.4 is 5.32 Å². The van der Waals surface area contributed by atoms with Crippen LogP contribution in [0.15, 0.2) is 24.3 Å². The molecule has 1 heterocycles. The molecule has 1 aromatic rings. The zero-order valence-electron chi connectivity index (χ0n) is 13.2. The molecule has 1 aliphatic heterocycles. The van der Waals surface area contributed by atoms with E-state index in [1.807, 2.05) is 0 Å². The van der Waals surface area contributed by atoms with Crippen molar-refractivity contribution in [3.63, 3.8) is 0 Å². The van der Waals surface area contributed by atoms with Crippen LogP contribution in [0.5, 0.6) is 0 Å². The summed E-state index contributed by atoms with van der Waals surface area (Å²) in [7, 11) is 0. The molecule has 1 aromatic carbocycles. The zero-order valence-corrected chi connectivity index (χ0v) is 13.2. The van der Waals surface area contributed by atoms with E-state index in [4.69, 9.17) is 4.74 Å². The third-order valence-electron chi connectivity index (χ3n) is 4.03. The van der Waals surface area contributed by atoms with Gasteiger partial charge < -0.3 is 10.1 Å². The van der Waals surface area contributed by atoms with E-state index in [1.165, 1.54) is 24.0 Å². The first-order valence-corrected chi connectivity index (χ1v) is 8.13. The lowest BCUT2D eigenvalue weighted by Gasteiger charge is -2.30. The highest BCUT2D eigenvalue weighted by Crippen LogP contribution is 2.31. The number of hydrogen-bond acceptors (Lipinski definition) is 2. The van der Waals surface area contributed by atoms with Crippen molar-refractivity contribution >= 4 is 0 Å². The van der Waals surface area contributed by atoms with Gasteiger partial charge in [-0.1, -0.05) is 45.0 Å². The predicted octanol–water partition coefficient (Wildman–Crippen LogP) is 4.10. The van der Waals surface area contributed by atoms with Crippen LogP contribution in [0, 0.1) is 5.92 Å². The van der Waals surface area contributed by atoms with E-state index < -0.39 is 0 Å². The van der Waals surface area contributed by atoms with E-state index in [0.717, 1.165) is 31.9 Å². The molecule has 0 spiro atoms. The Labute approximate surface area is 123 Å². The van der Waals surface area contributed by atoms with Crippen LogP contribution in [0.4, 0.5) is 0 Å². The van der Waals surface area contributed by atoms with Gasteiger partial charge in [-0.3, -0.25) is 0 Å². The highest BCUT2D eigenvalue weighted by Gasteiger charge is 2.24. The second kappa shape index (κ2) is 7.80. The lowest BCUT2D eigenvalue weighted by atomic mass is 9.91. The van der Waals surface area contributed by atoms with Crippen molar-refractivity contribution in [3.05, 3.63) is 35.4 Å². The number of ether oxygens (including phenoxy) is 1. The lowest BCUT2D eigenvalue weighted by Crippen LogP contribution is -2.34. The molecule has 0 aromatic heterocycles. The Balaban J connectivity index is 2.03. The highest BCUT2D eigenvalue weighted by atomic mass is 16.5. The van der Waals surface area contributed by atoms with Gasteiger partial charge in [-0.05, 0) is 49.3 Å². The summed E-state index contributed by atoms with van der Waals surface area (Å²) >= 11 is 0. The summed E-state index contributed by atoms with van der Waals surface area (Å²) in [6.07, 6.45) is 4.84. The summed E-state index contributed by atoms with van der Waals surface area (Å²) in [5, 5.41) is 3.70. The van der Waals surface area contributed by atoms with Gasteiger partial charge in [0.05, 0.1) is 12.7 Å². The minimum absolute atomic E-state index is 0.271. The average molecular weight is 275 g/mol. The fourth-order valence-electron chi connectivity index (χ4n) is 3.11. The van der Waals surface area contributed by atoms with Crippen LogP contribution in [-0.2, 0) is 11.2 Å². The van der Waals surface area contributed by atoms with Gasteiger partial charge in [0.15, 0.2) is 0 Å². The molecule has 20 heavy (non-hydrogen) atoms. The highest BCUT2D eigenvalue weighted by molar-refractivity contribution is 5.31. The number of benzene rings is 1. The van der Waals surface area contributed by atoms with Crippen LogP contribution in [-0.4, -0.2) is 19.2 Å². The van der Waals surface area contributed by atoms with E-state index in [2.05, 4.69) is 50.4 Å². The smallest absolute Gasteiger partial charge is 0.0842 e. The van der Waals surface area contributed by atoms with Crippen molar-refractivity contribution in [1.82, 2.24) is 5.32 Å². The van der Waals surface area contributed by atoms with Gasteiger partial charge in [-0.15, -0.1) is 0 Å². The molecule has 0 saturated carbocycles. The summed E-state index contributed by atoms with van der Waals surface area (Å²) in [5.41, 5.74) is 2.88. The molecule has 0 radical (unpaired) electrons. The molecule has 112 valence electrons. The van der Waals surface area contributed by atoms with Gasteiger partial charge in [0, 0.05) is 6.04 Å². The number of fused-ring (bicyclic) bond motifs is 1. The van der Waals surface area contributed by atoms with Crippen LogP contribution in [0.3, 0.4) is 0 Å². The van der Waals surface area contributed by atoms with Gasteiger partial charge in [0.2, 0.25) is 0 Å². The Bertz CT molecular complexity index is 402. The molecule has 0 aliphatic carbocycles. The maximum absolute atomic E-state index is 6.06. The zero-order chi connectivity index (χ0) is 14.4.